The lowest BCUT2D eigenvalue weighted by molar-refractivity contribution is -0.120. The summed E-state index contributed by atoms with van der Waals surface area (Å²) in [5.41, 5.74) is -0.00409. The maximum Gasteiger partial charge on any atom is 0.298 e. The first kappa shape index (κ1) is 10.7. The summed E-state index contributed by atoms with van der Waals surface area (Å²) < 4.78 is 10.3. The molecule has 0 saturated heterocycles. The van der Waals surface area contributed by atoms with Crippen LogP contribution in [0.15, 0.2) is 18.2 Å². The van der Waals surface area contributed by atoms with E-state index < -0.39 is 5.60 Å². The summed E-state index contributed by atoms with van der Waals surface area (Å²) in [5, 5.41) is 0. The van der Waals surface area contributed by atoms with Crippen LogP contribution in [0.3, 0.4) is 0 Å². The van der Waals surface area contributed by atoms with Crippen LogP contribution in [-0.4, -0.2) is 17.9 Å². The second kappa shape index (κ2) is 3.63. The maximum absolute atomic E-state index is 11.8. The Morgan fingerprint density at radius 3 is 2.88 bits per heavy atom. The van der Waals surface area contributed by atoms with Gasteiger partial charge in [-0.05, 0) is 32.0 Å². The average molecular weight is 220 g/mol. The van der Waals surface area contributed by atoms with Crippen LogP contribution >= 0.6 is 0 Å². The normalized spacial score (nSPS) is 17.2. The van der Waals surface area contributed by atoms with Crippen LogP contribution in [0.5, 0.6) is 11.5 Å². The summed E-state index contributed by atoms with van der Waals surface area (Å²) in [6, 6.07) is 4.77. The van der Waals surface area contributed by atoms with E-state index in [2.05, 4.69) is 4.74 Å². The fraction of sp³-hybridized carbons (Fsp3) is 0.333. The molecule has 2 rings (SSSR count). The zero-order valence-corrected chi connectivity index (χ0v) is 9.15. The molecular formula is C12H12O4. The van der Waals surface area contributed by atoms with Crippen molar-refractivity contribution in [2.75, 3.05) is 0 Å². The van der Waals surface area contributed by atoms with Gasteiger partial charge in [0.2, 0.25) is 0 Å². The highest BCUT2D eigenvalue weighted by Crippen LogP contribution is 2.34. The van der Waals surface area contributed by atoms with Crippen molar-refractivity contribution in [1.29, 1.82) is 0 Å². The topological polar surface area (TPSA) is 52.6 Å². The Bertz CT molecular complexity index is 448. The van der Waals surface area contributed by atoms with E-state index in [0.717, 1.165) is 0 Å². The van der Waals surface area contributed by atoms with Crippen LogP contribution in [0.4, 0.5) is 0 Å². The summed E-state index contributed by atoms with van der Waals surface area (Å²) in [4.78, 5) is 22.0. The van der Waals surface area contributed by atoms with E-state index in [1.54, 1.807) is 12.1 Å². The molecule has 0 N–H and O–H groups in total. The number of ether oxygens (including phenoxy) is 2. The Labute approximate surface area is 93.2 Å². The van der Waals surface area contributed by atoms with Gasteiger partial charge in [0, 0.05) is 0 Å². The monoisotopic (exact) mass is 220 g/mol. The fourth-order valence-corrected chi connectivity index (χ4v) is 1.76. The third-order valence-electron chi connectivity index (χ3n) is 2.41. The standard InChI is InChI=1S/C12H12O4/c1-12(2)6-10(14)9-5-8(15-7-13)3-4-11(9)16-12/h3-5,7H,6H2,1-2H3. The summed E-state index contributed by atoms with van der Waals surface area (Å²) >= 11 is 0. The van der Waals surface area contributed by atoms with Gasteiger partial charge in [-0.2, -0.15) is 0 Å². The molecule has 0 atom stereocenters. The second-order valence-electron chi connectivity index (χ2n) is 4.33. The average Bonchev–Trinajstić information content (AvgIpc) is 2.18. The van der Waals surface area contributed by atoms with E-state index in [1.165, 1.54) is 6.07 Å². The van der Waals surface area contributed by atoms with E-state index in [0.29, 0.717) is 30.0 Å². The molecule has 84 valence electrons. The first-order valence-electron chi connectivity index (χ1n) is 4.98. The molecule has 0 amide bonds. The van der Waals surface area contributed by atoms with Crippen molar-refractivity contribution in [2.24, 2.45) is 0 Å². The zero-order chi connectivity index (χ0) is 11.8. The van der Waals surface area contributed by atoms with Crippen LogP contribution in [0.1, 0.15) is 30.6 Å². The minimum Gasteiger partial charge on any atom is -0.487 e. The van der Waals surface area contributed by atoms with Crippen LogP contribution in [0.2, 0.25) is 0 Å². The van der Waals surface area contributed by atoms with Gasteiger partial charge in [-0.15, -0.1) is 0 Å². The van der Waals surface area contributed by atoms with Gasteiger partial charge >= 0.3 is 0 Å². The van der Waals surface area contributed by atoms with Gasteiger partial charge in [0.1, 0.15) is 17.1 Å². The lowest BCUT2D eigenvalue weighted by atomic mass is 9.93. The molecule has 1 heterocycles. The number of carbonyl (C=O) groups excluding carboxylic acids is 2. The second-order valence-corrected chi connectivity index (χ2v) is 4.33. The largest absolute Gasteiger partial charge is 0.487 e. The van der Waals surface area contributed by atoms with Crippen molar-refractivity contribution in [3.63, 3.8) is 0 Å². The van der Waals surface area contributed by atoms with E-state index in [9.17, 15) is 9.59 Å². The zero-order valence-electron chi connectivity index (χ0n) is 9.15. The molecule has 0 spiro atoms. The summed E-state index contributed by atoms with van der Waals surface area (Å²) in [5.74, 6) is 0.896. The number of carbonyl (C=O) groups is 2. The molecule has 0 saturated carbocycles. The van der Waals surface area contributed by atoms with Crippen molar-refractivity contribution >= 4 is 12.3 Å². The Hall–Kier alpha value is -1.84. The minimum absolute atomic E-state index is 0.00241. The highest BCUT2D eigenvalue weighted by atomic mass is 16.5. The lowest BCUT2D eigenvalue weighted by Crippen LogP contribution is -2.35. The van der Waals surface area contributed by atoms with Crippen LogP contribution in [-0.2, 0) is 4.79 Å². The highest BCUT2D eigenvalue weighted by molar-refractivity contribution is 6.00. The number of hydrogen-bond donors (Lipinski definition) is 0. The molecule has 0 fully saturated rings. The summed E-state index contributed by atoms with van der Waals surface area (Å²) in [6.07, 6.45) is 0.324. The number of rotatable bonds is 2. The first-order valence-corrected chi connectivity index (χ1v) is 4.98. The van der Waals surface area contributed by atoms with Crippen LogP contribution in [0.25, 0.3) is 0 Å². The molecule has 1 aromatic rings. The van der Waals surface area contributed by atoms with Crippen molar-refractivity contribution in [3.8, 4) is 11.5 Å². The van der Waals surface area contributed by atoms with Crippen LogP contribution < -0.4 is 9.47 Å². The highest BCUT2D eigenvalue weighted by Gasteiger charge is 2.32. The number of benzene rings is 1. The van der Waals surface area contributed by atoms with Crippen LogP contribution in [0, 0.1) is 0 Å². The third kappa shape index (κ3) is 1.91. The Balaban J connectivity index is 2.41. The fourth-order valence-electron chi connectivity index (χ4n) is 1.76. The number of Topliss-reactive ketones (excluding diaryl/α,β-unsaturated/α-hetero) is 1. The number of fused-ring (bicyclic) bond motifs is 1. The molecule has 4 heteroatoms. The predicted molar refractivity (Wildman–Crippen MR) is 56.8 cm³/mol. The van der Waals surface area contributed by atoms with Crippen molar-refractivity contribution < 1.29 is 19.1 Å². The van der Waals surface area contributed by atoms with Gasteiger partial charge in [-0.1, -0.05) is 0 Å². The molecule has 16 heavy (non-hydrogen) atoms. The van der Waals surface area contributed by atoms with Gasteiger partial charge in [0.05, 0.1) is 12.0 Å². The van der Waals surface area contributed by atoms with E-state index >= 15 is 0 Å². The molecule has 0 radical (unpaired) electrons. The van der Waals surface area contributed by atoms with Crippen molar-refractivity contribution in [2.45, 2.75) is 25.9 Å². The Morgan fingerprint density at radius 2 is 2.19 bits per heavy atom. The Kier molecular flexibility index (Phi) is 2.42. The summed E-state index contributed by atoms with van der Waals surface area (Å²) in [7, 11) is 0. The third-order valence-corrected chi connectivity index (χ3v) is 2.41. The van der Waals surface area contributed by atoms with Gasteiger partial charge in [-0.25, -0.2) is 0 Å². The molecule has 0 aliphatic carbocycles. The first-order chi connectivity index (χ1) is 7.52. The number of ketones is 1. The van der Waals surface area contributed by atoms with Gasteiger partial charge in [0.25, 0.3) is 6.47 Å². The SMILES string of the molecule is CC1(C)CC(=O)c2cc(OC=O)ccc2O1. The lowest BCUT2D eigenvalue weighted by Gasteiger charge is -2.31. The van der Waals surface area contributed by atoms with Gasteiger partial charge < -0.3 is 9.47 Å². The molecule has 1 aliphatic heterocycles. The molecule has 1 aliphatic rings. The molecule has 0 unspecified atom stereocenters. The maximum atomic E-state index is 11.8. The molecular weight excluding hydrogens is 208 g/mol. The Morgan fingerprint density at radius 1 is 1.44 bits per heavy atom. The smallest absolute Gasteiger partial charge is 0.298 e. The molecule has 4 nitrogen and oxygen atoms in total. The number of hydrogen-bond acceptors (Lipinski definition) is 4. The quantitative estimate of drug-likeness (QED) is 0.715. The van der Waals surface area contributed by atoms with Crippen molar-refractivity contribution in [3.05, 3.63) is 23.8 Å². The molecule has 1 aromatic carbocycles. The molecule has 0 bridgehead atoms. The van der Waals surface area contributed by atoms with Crippen molar-refractivity contribution in [1.82, 2.24) is 0 Å². The van der Waals surface area contributed by atoms with Gasteiger partial charge in [-0.3, -0.25) is 9.59 Å². The molecule has 0 aromatic heterocycles. The predicted octanol–water partition coefficient (Wildman–Crippen LogP) is 1.97. The van der Waals surface area contributed by atoms with E-state index in [4.69, 9.17) is 4.74 Å². The minimum atomic E-state index is -0.475. The van der Waals surface area contributed by atoms with E-state index in [1.807, 2.05) is 13.8 Å². The van der Waals surface area contributed by atoms with E-state index in [-0.39, 0.29) is 5.78 Å². The van der Waals surface area contributed by atoms with Gasteiger partial charge in [0.15, 0.2) is 5.78 Å². The summed E-state index contributed by atoms with van der Waals surface area (Å²) in [6.45, 7) is 4.06.